The van der Waals surface area contributed by atoms with E-state index in [1.54, 1.807) is 11.8 Å². The van der Waals surface area contributed by atoms with Crippen LogP contribution in [0.25, 0.3) is 0 Å². The molecule has 0 aromatic heterocycles. The van der Waals surface area contributed by atoms with Gasteiger partial charge in [0.25, 0.3) is 0 Å². The highest BCUT2D eigenvalue weighted by Gasteiger charge is 2.51. The lowest BCUT2D eigenvalue weighted by Gasteiger charge is -2.39. The third kappa shape index (κ3) is 1.10. The molecular weight excluding hydrogens is 184 g/mol. The van der Waals surface area contributed by atoms with Gasteiger partial charge in [0.2, 0.25) is 0 Å². The standard InChI is InChI=1S/C10H14O2S/c1-6-8-4-5-10(12-8,13-3)7(2)9(6)11/h4-8H,1-3H3/t6-,7-,8+,10-/m1/s1. The average molecular weight is 198 g/mol. The van der Waals surface area contributed by atoms with Gasteiger partial charge in [0.15, 0.2) is 0 Å². The topological polar surface area (TPSA) is 26.3 Å². The molecule has 2 aliphatic heterocycles. The van der Waals surface area contributed by atoms with Crippen molar-refractivity contribution in [1.82, 2.24) is 0 Å². The number of carbonyl (C=O) groups is 1. The Morgan fingerprint density at radius 1 is 1.54 bits per heavy atom. The van der Waals surface area contributed by atoms with Crippen molar-refractivity contribution >= 4 is 17.5 Å². The molecule has 13 heavy (non-hydrogen) atoms. The molecule has 0 unspecified atom stereocenters. The predicted octanol–water partition coefficient (Wildman–Crippen LogP) is 1.86. The van der Waals surface area contributed by atoms with Crippen LogP contribution in [0.4, 0.5) is 0 Å². The van der Waals surface area contributed by atoms with E-state index in [0.717, 1.165) is 0 Å². The van der Waals surface area contributed by atoms with Crippen LogP contribution in [-0.2, 0) is 9.53 Å². The van der Waals surface area contributed by atoms with Gasteiger partial charge in [-0.15, -0.1) is 11.8 Å². The molecule has 4 atom stereocenters. The van der Waals surface area contributed by atoms with Crippen LogP contribution in [0.1, 0.15) is 13.8 Å². The summed E-state index contributed by atoms with van der Waals surface area (Å²) in [7, 11) is 0. The minimum absolute atomic E-state index is 0.0103. The molecule has 2 bridgehead atoms. The normalized spacial score (nSPS) is 48.5. The maximum absolute atomic E-state index is 11.8. The number of hydrogen-bond donors (Lipinski definition) is 0. The van der Waals surface area contributed by atoms with E-state index in [-0.39, 0.29) is 22.9 Å². The lowest BCUT2D eigenvalue weighted by molar-refractivity contribution is -0.146. The highest BCUT2D eigenvalue weighted by atomic mass is 32.2. The number of Topliss-reactive ketones (excluding diaryl/α,β-unsaturated/α-hetero) is 1. The first kappa shape index (κ1) is 9.28. The molecule has 1 saturated heterocycles. The number of rotatable bonds is 1. The molecule has 0 saturated carbocycles. The lowest BCUT2D eigenvalue weighted by atomic mass is 9.87. The van der Waals surface area contributed by atoms with E-state index in [9.17, 15) is 4.79 Å². The fraction of sp³-hybridized carbons (Fsp3) is 0.700. The first-order valence-electron chi connectivity index (χ1n) is 4.57. The summed E-state index contributed by atoms with van der Waals surface area (Å²) >= 11 is 1.62. The fourth-order valence-corrected chi connectivity index (χ4v) is 2.97. The van der Waals surface area contributed by atoms with Crippen molar-refractivity contribution in [3.8, 4) is 0 Å². The number of thioether (sulfide) groups is 1. The van der Waals surface area contributed by atoms with Crippen molar-refractivity contribution < 1.29 is 9.53 Å². The van der Waals surface area contributed by atoms with Crippen LogP contribution in [0.5, 0.6) is 0 Å². The van der Waals surface area contributed by atoms with Crippen LogP contribution >= 0.6 is 11.8 Å². The summed E-state index contributed by atoms with van der Waals surface area (Å²) in [5.74, 6) is 0.331. The van der Waals surface area contributed by atoms with Crippen LogP contribution in [0.15, 0.2) is 12.2 Å². The van der Waals surface area contributed by atoms with Gasteiger partial charge < -0.3 is 4.74 Å². The number of fused-ring (bicyclic) bond motifs is 2. The van der Waals surface area contributed by atoms with Gasteiger partial charge in [0.1, 0.15) is 10.7 Å². The van der Waals surface area contributed by atoms with E-state index in [1.807, 2.05) is 26.2 Å². The maximum Gasteiger partial charge on any atom is 0.145 e. The molecule has 2 rings (SSSR count). The van der Waals surface area contributed by atoms with Crippen molar-refractivity contribution in [2.24, 2.45) is 11.8 Å². The first-order valence-corrected chi connectivity index (χ1v) is 5.79. The lowest BCUT2D eigenvalue weighted by Crippen LogP contribution is -2.47. The predicted molar refractivity (Wildman–Crippen MR) is 53.6 cm³/mol. The van der Waals surface area contributed by atoms with Crippen molar-refractivity contribution in [1.29, 1.82) is 0 Å². The smallest absolute Gasteiger partial charge is 0.145 e. The summed E-state index contributed by atoms with van der Waals surface area (Å²) in [6.07, 6.45) is 6.08. The van der Waals surface area contributed by atoms with E-state index in [2.05, 4.69) is 6.08 Å². The van der Waals surface area contributed by atoms with E-state index >= 15 is 0 Å². The molecule has 2 heterocycles. The van der Waals surface area contributed by atoms with Crippen LogP contribution in [-0.4, -0.2) is 23.1 Å². The molecule has 0 amide bonds. The average Bonchev–Trinajstić information content (AvgIpc) is 2.55. The minimum Gasteiger partial charge on any atom is -0.352 e. The molecule has 0 radical (unpaired) electrons. The van der Waals surface area contributed by atoms with Crippen LogP contribution in [0, 0.1) is 11.8 Å². The summed E-state index contributed by atoms with van der Waals surface area (Å²) in [4.78, 5) is 11.4. The number of ketones is 1. The molecule has 72 valence electrons. The molecule has 0 aromatic carbocycles. The monoisotopic (exact) mass is 198 g/mol. The zero-order chi connectivity index (χ0) is 9.64. The number of ether oxygens (including phenoxy) is 1. The van der Waals surface area contributed by atoms with E-state index < -0.39 is 0 Å². The third-order valence-electron chi connectivity index (χ3n) is 3.13. The molecule has 2 nitrogen and oxygen atoms in total. The molecule has 0 aromatic rings. The van der Waals surface area contributed by atoms with Crippen molar-refractivity contribution in [2.75, 3.05) is 6.26 Å². The minimum atomic E-state index is -0.367. The Balaban J connectivity index is 2.36. The third-order valence-corrected chi connectivity index (χ3v) is 4.35. The molecule has 0 N–H and O–H groups in total. The Morgan fingerprint density at radius 2 is 2.23 bits per heavy atom. The fourth-order valence-electron chi connectivity index (χ4n) is 2.08. The van der Waals surface area contributed by atoms with Gasteiger partial charge in [0, 0.05) is 5.92 Å². The van der Waals surface area contributed by atoms with Gasteiger partial charge in [0.05, 0.1) is 12.0 Å². The number of hydrogen-bond acceptors (Lipinski definition) is 3. The summed E-state index contributed by atoms with van der Waals surface area (Å²) < 4.78 is 5.86. The van der Waals surface area contributed by atoms with Gasteiger partial charge in [-0.05, 0) is 12.3 Å². The number of carbonyl (C=O) groups excluding carboxylic acids is 1. The zero-order valence-electron chi connectivity index (χ0n) is 8.11. The quantitative estimate of drug-likeness (QED) is 0.601. The summed E-state index contributed by atoms with van der Waals surface area (Å²) in [6, 6.07) is 0. The Kier molecular flexibility index (Phi) is 2.04. The van der Waals surface area contributed by atoms with Gasteiger partial charge in [-0.25, -0.2) is 0 Å². The molecule has 3 heteroatoms. The molecule has 1 fully saturated rings. The first-order chi connectivity index (χ1) is 6.10. The van der Waals surface area contributed by atoms with Crippen molar-refractivity contribution in [3.05, 3.63) is 12.2 Å². The summed E-state index contributed by atoms with van der Waals surface area (Å²) in [5.41, 5.74) is 0. The molecular formula is C10H14O2S. The van der Waals surface area contributed by atoms with Crippen molar-refractivity contribution in [2.45, 2.75) is 24.9 Å². The van der Waals surface area contributed by atoms with Gasteiger partial charge in [-0.2, -0.15) is 0 Å². The molecule has 0 aliphatic carbocycles. The molecule has 0 spiro atoms. The van der Waals surface area contributed by atoms with Crippen LogP contribution < -0.4 is 0 Å². The highest BCUT2D eigenvalue weighted by molar-refractivity contribution is 8.00. The second kappa shape index (κ2) is 2.85. The van der Waals surface area contributed by atoms with E-state index in [1.165, 1.54) is 0 Å². The Morgan fingerprint density at radius 3 is 2.85 bits per heavy atom. The van der Waals surface area contributed by atoms with Crippen LogP contribution in [0.3, 0.4) is 0 Å². The second-order valence-corrected chi connectivity index (χ2v) is 4.83. The SMILES string of the molecule is CS[C@@]12C=C[C@H](O1)[C@@H](C)C(=O)[C@H]2C. The highest BCUT2D eigenvalue weighted by Crippen LogP contribution is 2.46. The van der Waals surface area contributed by atoms with Gasteiger partial charge in [-0.1, -0.05) is 19.9 Å². The second-order valence-electron chi connectivity index (χ2n) is 3.78. The Labute approximate surface area is 82.7 Å². The van der Waals surface area contributed by atoms with Gasteiger partial charge >= 0.3 is 0 Å². The summed E-state index contributed by atoms with van der Waals surface area (Å²) in [5, 5.41) is 0. The largest absolute Gasteiger partial charge is 0.352 e. The Hall–Kier alpha value is -0.280. The Bertz CT molecular complexity index is 274. The molecule has 2 aliphatic rings. The van der Waals surface area contributed by atoms with E-state index in [4.69, 9.17) is 4.74 Å². The van der Waals surface area contributed by atoms with Crippen molar-refractivity contribution in [3.63, 3.8) is 0 Å². The van der Waals surface area contributed by atoms with Gasteiger partial charge in [-0.3, -0.25) is 4.79 Å². The van der Waals surface area contributed by atoms with Crippen LogP contribution in [0.2, 0.25) is 0 Å². The summed E-state index contributed by atoms with van der Waals surface area (Å²) in [6.45, 7) is 3.91. The zero-order valence-corrected chi connectivity index (χ0v) is 8.93. The van der Waals surface area contributed by atoms with E-state index in [0.29, 0.717) is 5.78 Å². The maximum atomic E-state index is 11.8.